The van der Waals surface area contributed by atoms with Crippen molar-refractivity contribution in [1.82, 2.24) is 4.68 Å². The first kappa shape index (κ1) is 12.0. The van der Waals surface area contributed by atoms with Gasteiger partial charge in [-0.25, -0.2) is 4.82 Å². The minimum atomic E-state index is -4.13. The predicted octanol–water partition coefficient (Wildman–Crippen LogP) is 3.70. The molecule has 0 saturated carbocycles. The first-order valence-corrected chi connectivity index (χ1v) is 8.47. The fraction of sp³-hybridized carbons (Fsp3) is 0.111. The van der Waals surface area contributed by atoms with Crippen LogP contribution in [0.25, 0.3) is 11.3 Å². The lowest BCUT2D eigenvalue weighted by Crippen LogP contribution is -2.23. The van der Waals surface area contributed by atoms with Gasteiger partial charge in [0, 0.05) is 13.1 Å². The van der Waals surface area contributed by atoms with Gasteiger partial charge >= 0.3 is 0 Å². The number of aromatic nitrogens is 1. The van der Waals surface area contributed by atoms with E-state index in [1.54, 1.807) is 36.4 Å². The molecule has 3 rings (SSSR count). The average molecular weight is 329 g/mol. The van der Waals surface area contributed by atoms with Gasteiger partial charge in [-0.1, -0.05) is 48.0 Å². The van der Waals surface area contributed by atoms with Crippen LogP contribution in [0.1, 0.15) is 13.9 Å². The molecule has 1 N–H and O–H groups in total. The lowest BCUT2D eigenvalue weighted by Gasteiger charge is -2.14. The third-order valence-corrected chi connectivity index (χ3v) is 4.70. The van der Waals surface area contributed by atoms with Gasteiger partial charge in [-0.05, 0) is 37.6 Å². The largest absolute Gasteiger partial charge is 0.275 e. The van der Waals surface area contributed by atoms with E-state index in [1.807, 2.05) is 13.0 Å². The quantitative estimate of drug-likeness (QED) is 0.793. The topological polar surface area (TPSA) is 51.1 Å². The predicted molar refractivity (Wildman–Crippen MR) is 92.3 cm³/mol. The van der Waals surface area contributed by atoms with Crippen LogP contribution in [0.5, 0.6) is 0 Å². The molecule has 0 aliphatic heterocycles. The average Bonchev–Trinajstić information content (AvgIpc) is 2.98. The number of nitrogens with zero attached hydrogens (tertiary/aromatic N) is 1. The third-order valence-electron chi connectivity index (χ3n) is 3.44. The van der Waals surface area contributed by atoms with E-state index < -0.39 is 10.0 Å². The van der Waals surface area contributed by atoms with Gasteiger partial charge in [0.2, 0.25) is 1.41 Å². The Morgan fingerprint density at radius 2 is 1.83 bits per heavy atom. The van der Waals surface area contributed by atoms with Gasteiger partial charge in [0.15, 0.2) is 0 Å². The van der Waals surface area contributed by atoms with Crippen molar-refractivity contribution >= 4 is 10.0 Å². The first-order valence-electron chi connectivity index (χ1n) is 8.68. The lowest BCUT2D eigenvalue weighted by molar-refractivity contribution is 0.595. The van der Waals surface area contributed by atoms with E-state index in [0.717, 1.165) is 10.2 Å². The lowest BCUT2D eigenvalue weighted by atomic mass is 10.1. The molecule has 0 unspecified atom stereocenters. The fourth-order valence-electron chi connectivity index (χ4n) is 2.25. The number of hydrogen-bond donors (Lipinski definition) is 1. The summed E-state index contributed by atoms with van der Waals surface area (Å²) in [6.07, 6.45) is 1.25. The summed E-state index contributed by atoms with van der Waals surface area (Å²) < 4.78 is 50.8. The number of nitrogens with one attached hydrogen (secondary N) is 1. The maximum absolute atomic E-state index is 12.8. The fourth-order valence-corrected chi connectivity index (χ4v) is 3.19. The molecule has 118 valence electrons. The number of aryl methyl sites for hydroxylation is 1. The minimum Gasteiger partial charge on any atom is -0.253 e. The zero-order valence-corrected chi connectivity index (χ0v) is 13.4. The van der Waals surface area contributed by atoms with Crippen molar-refractivity contribution in [3.8, 4) is 11.3 Å². The van der Waals surface area contributed by atoms with Crippen LogP contribution in [0, 0.1) is 13.8 Å². The van der Waals surface area contributed by atoms with Crippen molar-refractivity contribution in [1.29, 1.82) is 0 Å². The molecule has 2 aromatic carbocycles. The van der Waals surface area contributed by atoms with Crippen LogP contribution >= 0.6 is 0 Å². The molecule has 1 aromatic heterocycles. The summed E-state index contributed by atoms with van der Waals surface area (Å²) in [4.78, 5) is 0.363. The second-order valence-electron chi connectivity index (χ2n) is 5.18. The van der Waals surface area contributed by atoms with Gasteiger partial charge in [-0.2, -0.15) is 8.42 Å². The van der Waals surface area contributed by atoms with Crippen LogP contribution < -0.4 is 4.82 Å². The van der Waals surface area contributed by atoms with Crippen LogP contribution in [0.4, 0.5) is 0 Å². The smallest absolute Gasteiger partial charge is 0.253 e. The maximum atomic E-state index is 12.8. The molecule has 1 heterocycles. The molecule has 0 saturated heterocycles. The minimum absolute atomic E-state index is 0.00948. The molecule has 0 spiro atoms. The zero-order valence-electron chi connectivity index (χ0n) is 15.6. The van der Waals surface area contributed by atoms with Crippen molar-refractivity contribution in [2.75, 3.05) is 4.82 Å². The number of rotatable bonds is 4. The van der Waals surface area contributed by atoms with Crippen molar-refractivity contribution in [3.05, 3.63) is 78.0 Å². The van der Waals surface area contributed by atoms with Gasteiger partial charge in [-0.15, -0.1) is 0 Å². The summed E-state index contributed by atoms with van der Waals surface area (Å²) in [7, 11) is -4.13. The third kappa shape index (κ3) is 3.14. The molecule has 23 heavy (non-hydrogen) atoms. The molecule has 0 bridgehead atoms. The summed E-state index contributed by atoms with van der Waals surface area (Å²) in [6, 6.07) is 15.2. The Bertz CT molecular complexity index is 1020. The Labute approximate surface area is 140 Å². The van der Waals surface area contributed by atoms with Gasteiger partial charge in [-0.3, -0.25) is 4.68 Å². The van der Waals surface area contributed by atoms with E-state index in [2.05, 4.69) is 0 Å². The van der Waals surface area contributed by atoms with Crippen LogP contribution in [0.2, 0.25) is 1.41 Å². The van der Waals surface area contributed by atoms with E-state index in [0.29, 0.717) is 21.6 Å². The Balaban J connectivity index is 2.16. The molecule has 0 fully saturated rings. The summed E-state index contributed by atoms with van der Waals surface area (Å²) in [5.41, 5.74) is 2.28. The molecule has 0 aliphatic carbocycles. The highest BCUT2D eigenvalue weighted by Gasteiger charge is 2.17. The molecule has 0 atom stereocenters. The summed E-state index contributed by atoms with van der Waals surface area (Å²) in [6.45, 7) is 1.66. The van der Waals surface area contributed by atoms with Crippen LogP contribution in [-0.2, 0) is 10.0 Å². The van der Waals surface area contributed by atoms with Gasteiger partial charge in [0.1, 0.15) is 0 Å². The highest BCUT2D eigenvalue weighted by Crippen LogP contribution is 2.24. The number of benzene rings is 2. The molecule has 5 heteroatoms. The Morgan fingerprint density at radius 1 is 1.13 bits per heavy atom. The summed E-state index contributed by atoms with van der Waals surface area (Å²) in [5, 5.41) is 0. The standard InChI is InChI=1S/C18H18N2O2S/c1-14-8-10-17(11-9-14)23(21,22)19-20-13-12-15(2)18(20)16-6-4-3-5-7-16/h3-13,19H,1-2H3/i2D,12D/hD. The maximum Gasteiger partial charge on any atom is 0.275 e. The molecule has 0 aliphatic rings. The second kappa shape index (κ2) is 5.93. The van der Waals surface area contributed by atoms with Crippen LogP contribution in [-0.4, -0.2) is 13.1 Å². The Kier molecular flexibility index (Phi) is 3.08. The monoisotopic (exact) mass is 329 g/mol. The Morgan fingerprint density at radius 3 is 2.48 bits per heavy atom. The van der Waals surface area contributed by atoms with Gasteiger partial charge < -0.3 is 0 Å². The molecule has 0 radical (unpaired) electrons. The van der Waals surface area contributed by atoms with Crippen molar-refractivity contribution in [2.45, 2.75) is 18.7 Å². The second-order valence-corrected chi connectivity index (χ2v) is 6.77. The van der Waals surface area contributed by atoms with Gasteiger partial charge in [0.25, 0.3) is 10.0 Å². The van der Waals surface area contributed by atoms with Crippen molar-refractivity contribution in [3.63, 3.8) is 0 Å². The summed E-state index contributed by atoms with van der Waals surface area (Å²) >= 11 is 0. The van der Waals surface area contributed by atoms with E-state index in [9.17, 15) is 8.42 Å². The van der Waals surface area contributed by atoms with E-state index >= 15 is 0 Å². The highest BCUT2D eigenvalue weighted by molar-refractivity contribution is 7.92. The van der Waals surface area contributed by atoms with E-state index in [-0.39, 0.29) is 17.8 Å². The first-order chi connectivity index (χ1) is 12.4. The summed E-state index contributed by atoms with van der Waals surface area (Å²) in [5.74, 6) is 0. The normalized spacial score (nSPS) is 13.2. The number of sulfonamides is 1. The molecular formula is C18H18N2O2S. The zero-order chi connectivity index (χ0) is 18.9. The molecule has 0 amide bonds. The SMILES string of the molecule is [2H]Cc1c([2H])cn(N([2H])S(=O)(=O)c2ccc(C)cc2)c1-c1ccccc1. The van der Waals surface area contributed by atoms with Crippen molar-refractivity contribution in [2.24, 2.45) is 0 Å². The van der Waals surface area contributed by atoms with E-state index in [1.165, 1.54) is 18.3 Å². The molecular weight excluding hydrogens is 308 g/mol. The van der Waals surface area contributed by atoms with Crippen LogP contribution in [0.15, 0.2) is 71.7 Å². The van der Waals surface area contributed by atoms with Crippen molar-refractivity contribution < 1.29 is 12.6 Å². The Hall–Kier alpha value is -2.53. The highest BCUT2D eigenvalue weighted by atomic mass is 32.2. The van der Waals surface area contributed by atoms with E-state index in [4.69, 9.17) is 4.15 Å². The van der Waals surface area contributed by atoms with Crippen LogP contribution in [0.3, 0.4) is 0 Å². The number of hydrogen-bond acceptors (Lipinski definition) is 2. The molecule has 3 aromatic rings. The van der Waals surface area contributed by atoms with Gasteiger partial charge in [0.05, 0.1) is 12.0 Å². The molecule has 4 nitrogen and oxygen atoms in total.